The molecule has 1 amide bonds. The molecule has 4 rings (SSSR count). The molecule has 0 bridgehead atoms. The van der Waals surface area contributed by atoms with Crippen molar-refractivity contribution in [3.05, 3.63) is 89.9 Å². The Morgan fingerprint density at radius 1 is 1.00 bits per heavy atom. The van der Waals surface area contributed by atoms with Gasteiger partial charge in [0.05, 0.1) is 24.9 Å². The van der Waals surface area contributed by atoms with E-state index in [4.69, 9.17) is 14.2 Å². The summed E-state index contributed by atoms with van der Waals surface area (Å²) >= 11 is 0. The third-order valence-corrected chi connectivity index (χ3v) is 4.95. The number of rotatable bonds is 9. The van der Waals surface area contributed by atoms with E-state index in [1.165, 1.54) is 0 Å². The van der Waals surface area contributed by atoms with Crippen molar-refractivity contribution in [3.8, 4) is 17.2 Å². The number of fused-ring (bicyclic) bond motifs is 1. The molecular weight excluding hydrogens is 406 g/mol. The molecule has 0 radical (unpaired) electrons. The maximum absolute atomic E-state index is 12.7. The molecule has 2 aromatic heterocycles. The summed E-state index contributed by atoms with van der Waals surface area (Å²) in [5, 5.41) is 2.87. The second kappa shape index (κ2) is 9.87. The molecule has 0 aliphatic heterocycles. The number of hydrogen-bond donors (Lipinski definition) is 1. The summed E-state index contributed by atoms with van der Waals surface area (Å²) in [6, 6.07) is 18.5. The number of aromatic nitrogens is 2. The van der Waals surface area contributed by atoms with Crippen LogP contribution in [0.25, 0.3) is 5.65 Å². The van der Waals surface area contributed by atoms with Gasteiger partial charge < -0.3 is 23.9 Å². The van der Waals surface area contributed by atoms with Crippen molar-refractivity contribution < 1.29 is 19.0 Å². The number of methoxy groups -OCH3 is 1. The minimum absolute atomic E-state index is 0.218. The van der Waals surface area contributed by atoms with Crippen LogP contribution in [0.4, 0.5) is 0 Å². The van der Waals surface area contributed by atoms with E-state index < -0.39 is 0 Å². The van der Waals surface area contributed by atoms with Crippen molar-refractivity contribution in [2.45, 2.75) is 13.5 Å². The Labute approximate surface area is 186 Å². The van der Waals surface area contributed by atoms with E-state index in [2.05, 4.69) is 10.3 Å². The first kappa shape index (κ1) is 21.2. The van der Waals surface area contributed by atoms with Crippen molar-refractivity contribution in [2.75, 3.05) is 20.3 Å². The molecule has 0 spiro atoms. The van der Waals surface area contributed by atoms with Gasteiger partial charge in [-0.3, -0.25) is 4.79 Å². The minimum atomic E-state index is -0.218. The molecule has 2 heterocycles. The third kappa shape index (κ3) is 5.00. The summed E-state index contributed by atoms with van der Waals surface area (Å²) < 4.78 is 18.7. The molecule has 2 aromatic carbocycles. The zero-order chi connectivity index (χ0) is 22.3. The second-order valence-electron chi connectivity index (χ2n) is 7.22. The number of para-hydroxylation sites is 1. The summed E-state index contributed by atoms with van der Waals surface area (Å²) in [4.78, 5) is 17.3. The van der Waals surface area contributed by atoms with E-state index in [0.717, 1.165) is 22.7 Å². The smallest absolute Gasteiger partial charge is 0.255 e. The molecule has 0 unspecified atom stereocenters. The van der Waals surface area contributed by atoms with Gasteiger partial charge in [-0.1, -0.05) is 18.2 Å². The topological polar surface area (TPSA) is 74.1 Å². The summed E-state index contributed by atoms with van der Waals surface area (Å²) in [7, 11) is 1.62. The van der Waals surface area contributed by atoms with Crippen LogP contribution in [0.5, 0.6) is 17.2 Å². The standard InChI is InChI=1S/C25H25N3O4/c1-18-6-5-14-28-16-19(27-24(18)28)17-32-23-8-4-3-7-22(23)25(29)26-13-15-31-21-11-9-20(30-2)10-12-21/h3-12,14,16H,13,15,17H2,1-2H3,(H,26,29). The van der Waals surface area contributed by atoms with Crippen LogP contribution in [-0.4, -0.2) is 35.6 Å². The van der Waals surface area contributed by atoms with Gasteiger partial charge in [0.25, 0.3) is 5.91 Å². The Morgan fingerprint density at radius 3 is 2.56 bits per heavy atom. The van der Waals surface area contributed by atoms with Gasteiger partial charge in [-0.2, -0.15) is 0 Å². The van der Waals surface area contributed by atoms with E-state index in [9.17, 15) is 4.79 Å². The van der Waals surface area contributed by atoms with E-state index in [-0.39, 0.29) is 12.5 Å². The number of nitrogens with zero attached hydrogens (tertiary/aromatic N) is 2. The molecular formula is C25H25N3O4. The molecule has 7 nitrogen and oxygen atoms in total. The zero-order valence-electron chi connectivity index (χ0n) is 18.1. The normalized spacial score (nSPS) is 10.7. The number of carbonyl (C=O) groups excluding carboxylic acids is 1. The fraction of sp³-hybridized carbons (Fsp3) is 0.200. The van der Waals surface area contributed by atoms with Crippen LogP contribution >= 0.6 is 0 Å². The first-order valence-corrected chi connectivity index (χ1v) is 10.3. The van der Waals surface area contributed by atoms with Crippen molar-refractivity contribution >= 4 is 11.6 Å². The summed E-state index contributed by atoms with van der Waals surface area (Å²) in [5.41, 5.74) is 3.25. The Morgan fingerprint density at radius 2 is 1.78 bits per heavy atom. The fourth-order valence-corrected chi connectivity index (χ4v) is 3.31. The summed E-state index contributed by atoms with van der Waals surface area (Å²) in [6.07, 6.45) is 3.88. The van der Waals surface area contributed by atoms with Crippen LogP contribution in [0.15, 0.2) is 73.1 Å². The second-order valence-corrected chi connectivity index (χ2v) is 7.22. The Kier molecular flexibility index (Phi) is 6.55. The lowest BCUT2D eigenvalue weighted by Crippen LogP contribution is -2.28. The van der Waals surface area contributed by atoms with Crippen molar-refractivity contribution in [1.82, 2.24) is 14.7 Å². The molecule has 0 aliphatic carbocycles. The maximum Gasteiger partial charge on any atom is 0.255 e. The maximum atomic E-state index is 12.7. The van der Waals surface area contributed by atoms with Gasteiger partial charge in [-0.15, -0.1) is 0 Å². The monoisotopic (exact) mass is 431 g/mol. The fourth-order valence-electron chi connectivity index (χ4n) is 3.31. The summed E-state index contributed by atoms with van der Waals surface area (Å²) in [6.45, 7) is 3.00. The molecule has 0 atom stereocenters. The number of ether oxygens (including phenoxy) is 3. The van der Waals surface area contributed by atoms with Crippen LogP contribution in [-0.2, 0) is 6.61 Å². The molecule has 32 heavy (non-hydrogen) atoms. The SMILES string of the molecule is COc1ccc(OCCNC(=O)c2ccccc2OCc2cn3cccc(C)c3n2)cc1. The lowest BCUT2D eigenvalue weighted by molar-refractivity contribution is 0.0942. The molecule has 1 N–H and O–H groups in total. The van der Waals surface area contributed by atoms with E-state index in [0.29, 0.717) is 30.2 Å². The molecule has 7 heteroatoms. The lowest BCUT2D eigenvalue weighted by atomic mass is 10.2. The highest BCUT2D eigenvalue weighted by molar-refractivity contribution is 5.96. The van der Waals surface area contributed by atoms with Crippen LogP contribution in [0.2, 0.25) is 0 Å². The lowest BCUT2D eigenvalue weighted by Gasteiger charge is -2.11. The first-order valence-electron chi connectivity index (χ1n) is 10.3. The van der Waals surface area contributed by atoms with Crippen molar-refractivity contribution in [3.63, 3.8) is 0 Å². The number of hydrogen-bond acceptors (Lipinski definition) is 5. The van der Waals surface area contributed by atoms with Gasteiger partial charge in [0.15, 0.2) is 0 Å². The van der Waals surface area contributed by atoms with Gasteiger partial charge in [0, 0.05) is 12.4 Å². The average molecular weight is 431 g/mol. The summed E-state index contributed by atoms with van der Waals surface area (Å²) in [5.74, 6) is 1.77. The van der Waals surface area contributed by atoms with Crippen LogP contribution in [0, 0.1) is 6.92 Å². The van der Waals surface area contributed by atoms with E-state index in [1.807, 2.05) is 72.2 Å². The minimum Gasteiger partial charge on any atom is -0.497 e. The largest absolute Gasteiger partial charge is 0.497 e. The molecule has 0 saturated carbocycles. The average Bonchev–Trinajstić information content (AvgIpc) is 3.25. The highest BCUT2D eigenvalue weighted by Gasteiger charge is 2.13. The number of pyridine rings is 1. The number of benzene rings is 2. The van der Waals surface area contributed by atoms with E-state index in [1.54, 1.807) is 19.2 Å². The van der Waals surface area contributed by atoms with Crippen LogP contribution in [0.1, 0.15) is 21.6 Å². The number of amides is 1. The van der Waals surface area contributed by atoms with Gasteiger partial charge in [-0.25, -0.2) is 4.98 Å². The number of nitrogens with one attached hydrogen (secondary N) is 1. The highest BCUT2D eigenvalue weighted by Crippen LogP contribution is 2.20. The van der Waals surface area contributed by atoms with Crippen LogP contribution < -0.4 is 19.5 Å². The number of carbonyl (C=O) groups is 1. The Bertz CT molecular complexity index is 1200. The number of aryl methyl sites for hydroxylation is 1. The Hall–Kier alpha value is -4.00. The van der Waals surface area contributed by atoms with Gasteiger partial charge >= 0.3 is 0 Å². The quantitative estimate of drug-likeness (QED) is 0.405. The first-order chi connectivity index (χ1) is 15.6. The van der Waals surface area contributed by atoms with Crippen molar-refractivity contribution in [2.24, 2.45) is 0 Å². The molecule has 4 aromatic rings. The van der Waals surface area contributed by atoms with E-state index >= 15 is 0 Å². The zero-order valence-corrected chi connectivity index (χ0v) is 18.1. The van der Waals surface area contributed by atoms with Gasteiger partial charge in [0.2, 0.25) is 0 Å². The molecule has 164 valence electrons. The predicted octanol–water partition coefficient (Wildman–Crippen LogP) is 4.04. The highest BCUT2D eigenvalue weighted by atomic mass is 16.5. The van der Waals surface area contributed by atoms with Crippen molar-refractivity contribution in [1.29, 1.82) is 0 Å². The molecule has 0 aliphatic rings. The Balaban J connectivity index is 1.32. The van der Waals surface area contributed by atoms with Crippen LogP contribution in [0.3, 0.4) is 0 Å². The molecule has 0 saturated heterocycles. The van der Waals surface area contributed by atoms with Gasteiger partial charge in [0.1, 0.15) is 36.1 Å². The molecule has 0 fully saturated rings. The number of imidazole rings is 1. The van der Waals surface area contributed by atoms with Gasteiger partial charge in [-0.05, 0) is 55.0 Å². The predicted molar refractivity (Wildman–Crippen MR) is 122 cm³/mol. The third-order valence-electron chi connectivity index (χ3n) is 4.95.